The molecule has 1 saturated heterocycles. The summed E-state index contributed by atoms with van der Waals surface area (Å²) in [6.07, 6.45) is 1.20. The molecule has 0 amide bonds. The highest BCUT2D eigenvalue weighted by Crippen LogP contribution is 2.31. The Balaban J connectivity index is 2.22. The highest BCUT2D eigenvalue weighted by molar-refractivity contribution is 7.15. The van der Waals surface area contributed by atoms with Crippen molar-refractivity contribution in [1.29, 1.82) is 0 Å². The molecule has 2 heterocycles. The van der Waals surface area contributed by atoms with Gasteiger partial charge in [0.25, 0.3) is 0 Å². The van der Waals surface area contributed by atoms with Gasteiger partial charge in [0.05, 0.1) is 5.69 Å². The number of hydrogen-bond donors (Lipinski definition) is 1. The van der Waals surface area contributed by atoms with E-state index in [9.17, 15) is 0 Å². The highest BCUT2D eigenvalue weighted by atomic mass is 32.1. The number of nitrogens with zero attached hydrogens (tertiary/aromatic N) is 3. The van der Waals surface area contributed by atoms with Gasteiger partial charge in [-0.15, -0.1) is 11.3 Å². The van der Waals surface area contributed by atoms with E-state index in [1.165, 1.54) is 17.8 Å². The molecular formula is C13H24N4S. The van der Waals surface area contributed by atoms with Gasteiger partial charge in [-0.3, -0.25) is 0 Å². The maximum atomic E-state index is 5.99. The van der Waals surface area contributed by atoms with Gasteiger partial charge in [0, 0.05) is 30.1 Å². The fraction of sp³-hybridized carbons (Fsp3) is 0.769. The van der Waals surface area contributed by atoms with Crippen molar-refractivity contribution in [3.63, 3.8) is 0 Å². The van der Waals surface area contributed by atoms with E-state index in [0.29, 0.717) is 6.04 Å². The summed E-state index contributed by atoms with van der Waals surface area (Å²) in [5, 5.41) is 1.14. The summed E-state index contributed by atoms with van der Waals surface area (Å²) in [6.45, 7) is 9.75. The summed E-state index contributed by atoms with van der Waals surface area (Å²) in [6, 6.07) is 0.602. The Morgan fingerprint density at radius 2 is 2.17 bits per heavy atom. The summed E-state index contributed by atoms with van der Waals surface area (Å²) < 4.78 is 0. The first kappa shape index (κ1) is 13.8. The number of rotatable bonds is 2. The van der Waals surface area contributed by atoms with Gasteiger partial charge in [0.15, 0.2) is 5.13 Å². The normalized spacial score (nSPS) is 24.1. The van der Waals surface area contributed by atoms with E-state index in [0.717, 1.165) is 23.9 Å². The van der Waals surface area contributed by atoms with E-state index >= 15 is 0 Å². The second kappa shape index (κ2) is 5.55. The summed E-state index contributed by atoms with van der Waals surface area (Å²) in [7, 11) is 2.19. The van der Waals surface area contributed by atoms with Crippen LogP contribution in [0.2, 0.25) is 0 Å². The minimum Gasteiger partial charge on any atom is -0.344 e. The van der Waals surface area contributed by atoms with Gasteiger partial charge < -0.3 is 15.5 Å². The Kier molecular flexibility index (Phi) is 4.25. The molecule has 1 aromatic heterocycles. The smallest absolute Gasteiger partial charge is 0.186 e. The van der Waals surface area contributed by atoms with Gasteiger partial charge in [0.1, 0.15) is 0 Å². The topological polar surface area (TPSA) is 45.4 Å². The molecule has 2 atom stereocenters. The number of thiazole rings is 1. The standard InChI is InChI=1S/C13H24N4S/c1-9-8-16(4)6-5-7-17(9)13-15-11(3)12(18-13)10(2)14/h9-10H,5-8,14H2,1-4H3. The predicted octanol–water partition coefficient (Wildman–Crippen LogP) is 2.00. The SMILES string of the molecule is Cc1nc(N2CCCN(C)CC2C)sc1C(C)N. The summed E-state index contributed by atoms with van der Waals surface area (Å²) in [5.41, 5.74) is 7.08. The average Bonchev–Trinajstić information content (AvgIpc) is 2.57. The van der Waals surface area contributed by atoms with Crippen molar-refractivity contribution >= 4 is 16.5 Å². The zero-order valence-corrected chi connectivity index (χ0v) is 12.6. The van der Waals surface area contributed by atoms with Crippen LogP contribution in [-0.4, -0.2) is 42.6 Å². The van der Waals surface area contributed by atoms with Crippen molar-refractivity contribution in [2.45, 2.75) is 39.3 Å². The molecule has 5 heteroatoms. The molecule has 1 aromatic rings. The van der Waals surface area contributed by atoms with E-state index < -0.39 is 0 Å². The van der Waals surface area contributed by atoms with Crippen LogP contribution in [0.1, 0.15) is 36.9 Å². The van der Waals surface area contributed by atoms with Gasteiger partial charge in [0.2, 0.25) is 0 Å². The molecule has 2 unspecified atom stereocenters. The van der Waals surface area contributed by atoms with E-state index in [4.69, 9.17) is 10.7 Å². The fourth-order valence-corrected chi connectivity index (χ4v) is 3.74. The summed E-state index contributed by atoms with van der Waals surface area (Å²) >= 11 is 1.76. The second-order valence-electron chi connectivity index (χ2n) is 5.39. The zero-order valence-electron chi connectivity index (χ0n) is 11.8. The van der Waals surface area contributed by atoms with Crippen LogP contribution >= 0.6 is 11.3 Å². The minimum absolute atomic E-state index is 0.0845. The largest absolute Gasteiger partial charge is 0.344 e. The molecule has 0 radical (unpaired) electrons. The van der Waals surface area contributed by atoms with Gasteiger partial charge in [-0.2, -0.15) is 0 Å². The lowest BCUT2D eigenvalue weighted by atomic mass is 10.2. The van der Waals surface area contributed by atoms with Gasteiger partial charge in [-0.1, -0.05) is 0 Å². The molecule has 1 fully saturated rings. The van der Waals surface area contributed by atoms with Crippen LogP contribution in [0.5, 0.6) is 0 Å². The van der Waals surface area contributed by atoms with E-state index in [1.807, 2.05) is 6.92 Å². The highest BCUT2D eigenvalue weighted by Gasteiger charge is 2.23. The molecular weight excluding hydrogens is 244 g/mol. The monoisotopic (exact) mass is 268 g/mol. The van der Waals surface area contributed by atoms with Crippen molar-refractivity contribution in [1.82, 2.24) is 9.88 Å². The van der Waals surface area contributed by atoms with E-state index in [1.54, 1.807) is 11.3 Å². The molecule has 1 aliphatic rings. The van der Waals surface area contributed by atoms with Gasteiger partial charge in [-0.05, 0) is 40.8 Å². The Morgan fingerprint density at radius 3 is 2.78 bits per heavy atom. The van der Waals surface area contributed by atoms with Crippen LogP contribution in [0.4, 0.5) is 5.13 Å². The molecule has 4 nitrogen and oxygen atoms in total. The Hall–Kier alpha value is -0.650. The van der Waals surface area contributed by atoms with Crippen LogP contribution < -0.4 is 10.6 Å². The lowest BCUT2D eigenvalue weighted by Crippen LogP contribution is -2.37. The maximum absolute atomic E-state index is 5.99. The van der Waals surface area contributed by atoms with Crippen molar-refractivity contribution in [2.75, 3.05) is 31.6 Å². The number of aryl methyl sites for hydroxylation is 1. The summed E-state index contributed by atoms with van der Waals surface area (Å²) in [4.78, 5) is 10.8. The fourth-order valence-electron chi connectivity index (χ4n) is 2.60. The third kappa shape index (κ3) is 2.84. The van der Waals surface area contributed by atoms with E-state index in [-0.39, 0.29) is 6.04 Å². The number of nitrogens with two attached hydrogens (primary N) is 1. The van der Waals surface area contributed by atoms with Crippen molar-refractivity contribution in [3.8, 4) is 0 Å². The third-order valence-electron chi connectivity index (χ3n) is 3.53. The molecule has 0 bridgehead atoms. The first-order valence-electron chi connectivity index (χ1n) is 6.67. The number of aromatic nitrogens is 1. The quantitative estimate of drug-likeness (QED) is 0.891. The molecule has 0 saturated carbocycles. The van der Waals surface area contributed by atoms with Crippen molar-refractivity contribution < 1.29 is 0 Å². The van der Waals surface area contributed by atoms with Gasteiger partial charge in [-0.25, -0.2) is 4.98 Å². The minimum atomic E-state index is 0.0845. The summed E-state index contributed by atoms with van der Waals surface area (Å²) in [5.74, 6) is 0. The number of anilines is 1. The molecule has 0 aromatic carbocycles. The average molecular weight is 268 g/mol. The van der Waals surface area contributed by atoms with Crippen LogP contribution in [0.15, 0.2) is 0 Å². The molecule has 18 heavy (non-hydrogen) atoms. The molecule has 102 valence electrons. The first-order chi connectivity index (χ1) is 8.49. The molecule has 2 rings (SSSR count). The van der Waals surface area contributed by atoms with Crippen LogP contribution in [0.3, 0.4) is 0 Å². The van der Waals surface area contributed by atoms with Crippen LogP contribution in [0.25, 0.3) is 0 Å². The number of likely N-dealkylation sites (N-methyl/N-ethyl adjacent to an activating group) is 1. The zero-order chi connectivity index (χ0) is 13.3. The Labute approximate surface area is 114 Å². The molecule has 2 N–H and O–H groups in total. The third-order valence-corrected chi connectivity index (χ3v) is 4.92. The number of hydrogen-bond acceptors (Lipinski definition) is 5. The molecule has 0 aliphatic carbocycles. The second-order valence-corrected chi connectivity index (χ2v) is 6.40. The van der Waals surface area contributed by atoms with Gasteiger partial charge >= 0.3 is 0 Å². The van der Waals surface area contributed by atoms with E-state index in [2.05, 4.69) is 30.7 Å². The van der Waals surface area contributed by atoms with Crippen LogP contribution in [-0.2, 0) is 0 Å². The maximum Gasteiger partial charge on any atom is 0.186 e. The predicted molar refractivity (Wildman–Crippen MR) is 78.4 cm³/mol. The van der Waals surface area contributed by atoms with Crippen molar-refractivity contribution in [3.05, 3.63) is 10.6 Å². The molecule has 0 spiro atoms. The Morgan fingerprint density at radius 1 is 1.44 bits per heavy atom. The lowest BCUT2D eigenvalue weighted by Gasteiger charge is -2.27. The van der Waals surface area contributed by atoms with Crippen molar-refractivity contribution in [2.24, 2.45) is 5.73 Å². The lowest BCUT2D eigenvalue weighted by molar-refractivity contribution is 0.337. The van der Waals surface area contributed by atoms with Crippen LogP contribution in [0, 0.1) is 6.92 Å². The molecule has 1 aliphatic heterocycles. The Bertz CT molecular complexity index is 402. The first-order valence-corrected chi connectivity index (χ1v) is 7.48.